The number of fused-ring (bicyclic) bond motifs is 1. The van der Waals surface area contributed by atoms with Crippen molar-refractivity contribution in [2.75, 3.05) is 21.3 Å². The van der Waals surface area contributed by atoms with Crippen LogP contribution in [0.3, 0.4) is 0 Å². The SMILES string of the molecule is Cc1cc(C)cc(N2C(=O)N(c3ccc(Cl)c(Cl)c3)C3CS(=O)(=O)CC32)c1. The quantitative estimate of drug-likeness (QED) is 0.677. The van der Waals surface area contributed by atoms with Crippen molar-refractivity contribution in [3.8, 4) is 0 Å². The second kappa shape index (κ2) is 6.40. The Bertz CT molecular complexity index is 1030. The fourth-order valence-corrected chi connectivity index (χ4v) is 6.24. The number of hydrogen-bond donors (Lipinski definition) is 0. The zero-order valence-electron chi connectivity index (χ0n) is 14.8. The van der Waals surface area contributed by atoms with Crippen molar-refractivity contribution < 1.29 is 13.2 Å². The number of nitrogens with zero attached hydrogens (tertiary/aromatic N) is 2. The number of aryl methyl sites for hydroxylation is 2. The Balaban J connectivity index is 1.84. The van der Waals surface area contributed by atoms with Crippen molar-refractivity contribution in [1.82, 2.24) is 0 Å². The summed E-state index contributed by atoms with van der Waals surface area (Å²) in [6.45, 7) is 3.91. The van der Waals surface area contributed by atoms with Crippen LogP contribution in [0, 0.1) is 13.8 Å². The fraction of sp³-hybridized carbons (Fsp3) is 0.316. The van der Waals surface area contributed by atoms with Gasteiger partial charge in [-0.1, -0.05) is 29.3 Å². The Morgan fingerprint density at radius 1 is 0.852 bits per heavy atom. The molecule has 2 aliphatic heterocycles. The molecule has 4 rings (SSSR count). The van der Waals surface area contributed by atoms with Crippen LogP contribution in [0.5, 0.6) is 0 Å². The maximum atomic E-state index is 13.3. The molecule has 2 heterocycles. The molecule has 2 aromatic rings. The summed E-state index contributed by atoms with van der Waals surface area (Å²) in [4.78, 5) is 16.5. The first-order valence-electron chi connectivity index (χ1n) is 8.52. The van der Waals surface area contributed by atoms with Crippen LogP contribution in [-0.4, -0.2) is 38.0 Å². The number of carbonyl (C=O) groups excluding carboxylic acids is 1. The van der Waals surface area contributed by atoms with Crippen LogP contribution in [0.25, 0.3) is 0 Å². The third-order valence-electron chi connectivity index (χ3n) is 5.03. The molecule has 2 amide bonds. The van der Waals surface area contributed by atoms with Gasteiger partial charge in [-0.15, -0.1) is 0 Å². The van der Waals surface area contributed by atoms with Crippen LogP contribution in [0.1, 0.15) is 11.1 Å². The Morgan fingerprint density at radius 2 is 1.41 bits per heavy atom. The van der Waals surface area contributed by atoms with Crippen molar-refractivity contribution in [3.63, 3.8) is 0 Å². The van der Waals surface area contributed by atoms with E-state index in [4.69, 9.17) is 23.2 Å². The highest BCUT2D eigenvalue weighted by molar-refractivity contribution is 7.91. The van der Waals surface area contributed by atoms with E-state index < -0.39 is 21.9 Å². The Labute approximate surface area is 168 Å². The topological polar surface area (TPSA) is 57.7 Å². The first kappa shape index (κ1) is 18.6. The van der Waals surface area contributed by atoms with Crippen molar-refractivity contribution in [1.29, 1.82) is 0 Å². The number of urea groups is 1. The molecule has 0 bridgehead atoms. The molecule has 5 nitrogen and oxygen atoms in total. The Morgan fingerprint density at radius 3 is 1.96 bits per heavy atom. The number of benzene rings is 2. The van der Waals surface area contributed by atoms with E-state index in [-0.39, 0.29) is 17.5 Å². The number of anilines is 2. The molecule has 0 aliphatic carbocycles. The number of carbonyl (C=O) groups is 1. The van der Waals surface area contributed by atoms with Crippen LogP contribution in [-0.2, 0) is 9.84 Å². The number of amides is 2. The summed E-state index contributed by atoms with van der Waals surface area (Å²) < 4.78 is 24.7. The average molecular weight is 425 g/mol. The van der Waals surface area contributed by atoms with Crippen molar-refractivity contribution >= 4 is 50.4 Å². The minimum atomic E-state index is -3.24. The Kier molecular flexibility index (Phi) is 4.41. The van der Waals surface area contributed by atoms with E-state index in [1.165, 1.54) is 4.90 Å². The molecule has 2 atom stereocenters. The van der Waals surface area contributed by atoms with E-state index in [0.29, 0.717) is 21.4 Å². The lowest BCUT2D eigenvalue weighted by molar-refractivity contribution is 0.255. The molecular formula is C19H18Cl2N2O3S. The van der Waals surface area contributed by atoms with Crippen LogP contribution >= 0.6 is 23.2 Å². The fourth-order valence-electron chi connectivity index (χ4n) is 4.03. The van der Waals surface area contributed by atoms with E-state index in [9.17, 15) is 13.2 Å². The van der Waals surface area contributed by atoms with Gasteiger partial charge in [0, 0.05) is 11.4 Å². The Hall–Kier alpha value is -1.76. The second-order valence-corrected chi connectivity index (χ2v) is 10.1. The minimum absolute atomic E-state index is 0.0474. The predicted molar refractivity (Wildman–Crippen MR) is 109 cm³/mol. The van der Waals surface area contributed by atoms with Gasteiger partial charge in [-0.05, 0) is 55.3 Å². The maximum absolute atomic E-state index is 13.3. The monoisotopic (exact) mass is 424 g/mol. The lowest BCUT2D eigenvalue weighted by Gasteiger charge is -2.23. The third kappa shape index (κ3) is 3.20. The molecule has 0 saturated carbocycles. The first-order chi connectivity index (χ1) is 12.7. The number of rotatable bonds is 2. The molecule has 0 radical (unpaired) electrons. The second-order valence-electron chi connectivity index (χ2n) is 7.18. The molecule has 2 aromatic carbocycles. The van der Waals surface area contributed by atoms with Crippen LogP contribution in [0.4, 0.5) is 16.2 Å². The highest BCUT2D eigenvalue weighted by atomic mass is 35.5. The molecule has 2 fully saturated rings. The summed E-state index contributed by atoms with van der Waals surface area (Å²) in [5.41, 5.74) is 3.30. The largest absolute Gasteiger partial charge is 0.329 e. The van der Waals surface area contributed by atoms with Gasteiger partial charge in [-0.3, -0.25) is 9.80 Å². The van der Waals surface area contributed by atoms with Gasteiger partial charge in [-0.25, -0.2) is 13.2 Å². The van der Waals surface area contributed by atoms with E-state index in [2.05, 4.69) is 0 Å². The summed E-state index contributed by atoms with van der Waals surface area (Å²) >= 11 is 12.1. The molecule has 0 N–H and O–H groups in total. The molecule has 2 saturated heterocycles. The van der Waals surface area contributed by atoms with Gasteiger partial charge >= 0.3 is 6.03 Å². The molecule has 0 aromatic heterocycles. The van der Waals surface area contributed by atoms with E-state index in [1.54, 1.807) is 23.1 Å². The van der Waals surface area contributed by atoms with Gasteiger partial charge in [0.1, 0.15) is 0 Å². The van der Waals surface area contributed by atoms with Crippen molar-refractivity contribution in [3.05, 3.63) is 57.6 Å². The smallest absolute Gasteiger partial charge is 0.288 e. The molecule has 142 valence electrons. The minimum Gasteiger partial charge on any atom is -0.288 e. The van der Waals surface area contributed by atoms with Gasteiger partial charge in [-0.2, -0.15) is 0 Å². The number of hydrogen-bond acceptors (Lipinski definition) is 3. The summed E-state index contributed by atoms with van der Waals surface area (Å²) in [7, 11) is -3.24. The number of halogens is 2. The molecule has 2 unspecified atom stereocenters. The average Bonchev–Trinajstić information content (AvgIpc) is 2.98. The zero-order chi connectivity index (χ0) is 19.5. The summed E-state index contributed by atoms with van der Waals surface area (Å²) in [5.74, 6) is -0.112. The summed E-state index contributed by atoms with van der Waals surface area (Å²) in [5, 5.41) is 0.707. The number of sulfone groups is 1. The van der Waals surface area contributed by atoms with E-state index in [0.717, 1.165) is 11.1 Å². The molecule has 0 spiro atoms. The highest BCUT2D eigenvalue weighted by Gasteiger charge is 2.54. The van der Waals surface area contributed by atoms with Crippen LogP contribution in [0.2, 0.25) is 10.0 Å². The van der Waals surface area contributed by atoms with Gasteiger partial charge in [0.25, 0.3) is 0 Å². The van der Waals surface area contributed by atoms with Crippen LogP contribution < -0.4 is 9.80 Å². The standard InChI is InChI=1S/C19H18Cl2N2O3S/c1-11-5-12(2)7-14(6-11)23-18-10-27(25,26)9-17(18)22(19(23)24)13-3-4-15(20)16(21)8-13/h3-8,17-18H,9-10H2,1-2H3. The highest BCUT2D eigenvalue weighted by Crippen LogP contribution is 2.39. The van der Waals surface area contributed by atoms with Gasteiger partial charge < -0.3 is 0 Å². The normalized spacial score (nSPS) is 23.8. The van der Waals surface area contributed by atoms with E-state index in [1.807, 2.05) is 32.0 Å². The first-order valence-corrected chi connectivity index (χ1v) is 11.1. The van der Waals surface area contributed by atoms with Crippen molar-refractivity contribution in [2.45, 2.75) is 25.9 Å². The van der Waals surface area contributed by atoms with Gasteiger partial charge in [0.2, 0.25) is 0 Å². The van der Waals surface area contributed by atoms with Crippen molar-refractivity contribution in [2.24, 2.45) is 0 Å². The lowest BCUT2D eigenvalue weighted by Crippen LogP contribution is -2.38. The van der Waals surface area contributed by atoms with Gasteiger partial charge in [0.05, 0.1) is 33.6 Å². The maximum Gasteiger partial charge on any atom is 0.329 e. The molecular weight excluding hydrogens is 407 g/mol. The molecule has 2 aliphatic rings. The lowest BCUT2D eigenvalue weighted by atomic mass is 10.1. The molecule has 8 heteroatoms. The summed E-state index contributed by atoms with van der Waals surface area (Å²) in [6, 6.07) is 9.61. The zero-order valence-corrected chi connectivity index (χ0v) is 17.1. The van der Waals surface area contributed by atoms with Crippen LogP contribution in [0.15, 0.2) is 36.4 Å². The molecule has 27 heavy (non-hydrogen) atoms. The van der Waals surface area contributed by atoms with E-state index >= 15 is 0 Å². The summed E-state index contributed by atoms with van der Waals surface area (Å²) in [6.07, 6.45) is 0. The predicted octanol–water partition coefficient (Wildman–Crippen LogP) is 4.22. The third-order valence-corrected chi connectivity index (χ3v) is 7.47. The van der Waals surface area contributed by atoms with Gasteiger partial charge in [0.15, 0.2) is 9.84 Å².